The zero-order valence-electron chi connectivity index (χ0n) is 9.96. The van der Waals surface area contributed by atoms with Gasteiger partial charge in [-0.15, -0.1) is 11.6 Å². The standard InChI is InChI=1S/C15H13BrClF/c1-10-7-12(5-6-14(10)16)15(17)9-11-3-2-4-13(18)8-11/h2-8,15H,9H2,1H3. The molecular weight excluding hydrogens is 315 g/mol. The van der Waals surface area contributed by atoms with Crippen molar-refractivity contribution in [3.05, 3.63) is 69.4 Å². The van der Waals surface area contributed by atoms with Crippen molar-refractivity contribution in [1.82, 2.24) is 0 Å². The zero-order valence-corrected chi connectivity index (χ0v) is 12.3. The Hall–Kier alpha value is -0.860. The van der Waals surface area contributed by atoms with E-state index in [0.717, 1.165) is 21.2 Å². The number of benzene rings is 2. The molecule has 0 aromatic heterocycles. The first-order valence-corrected chi connectivity index (χ1v) is 6.94. The fraction of sp³-hybridized carbons (Fsp3) is 0.200. The van der Waals surface area contributed by atoms with Crippen molar-refractivity contribution in [2.45, 2.75) is 18.7 Å². The molecule has 1 unspecified atom stereocenters. The predicted molar refractivity (Wildman–Crippen MR) is 77.6 cm³/mol. The van der Waals surface area contributed by atoms with Crippen LogP contribution in [0.15, 0.2) is 46.9 Å². The highest BCUT2D eigenvalue weighted by Gasteiger charge is 2.10. The van der Waals surface area contributed by atoms with E-state index in [1.54, 1.807) is 6.07 Å². The third-order valence-corrected chi connectivity index (χ3v) is 4.14. The monoisotopic (exact) mass is 326 g/mol. The van der Waals surface area contributed by atoms with E-state index in [2.05, 4.69) is 22.0 Å². The Bertz CT molecular complexity index is 554. The molecule has 2 aromatic rings. The van der Waals surface area contributed by atoms with E-state index >= 15 is 0 Å². The minimum Gasteiger partial charge on any atom is -0.207 e. The largest absolute Gasteiger partial charge is 0.207 e. The summed E-state index contributed by atoms with van der Waals surface area (Å²) in [6.07, 6.45) is 0.625. The van der Waals surface area contributed by atoms with E-state index < -0.39 is 0 Å². The molecule has 0 bridgehead atoms. The molecule has 0 aliphatic heterocycles. The van der Waals surface area contributed by atoms with Gasteiger partial charge in [-0.1, -0.05) is 40.2 Å². The number of rotatable bonds is 3. The summed E-state index contributed by atoms with van der Waals surface area (Å²) in [6, 6.07) is 12.6. The van der Waals surface area contributed by atoms with Crippen LogP contribution in [-0.4, -0.2) is 0 Å². The summed E-state index contributed by atoms with van der Waals surface area (Å²) in [5, 5.41) is -0.140. The lowest BCUT2D eigenvalue weighted by molar-refractivity contribution is 0.625. The van der Waals surface area contributed by atoms with E-state index in [9.17, 15) is 4.39 Å². The van der Waals surface area contributed by atoms with Gasteiger partial charge >= 0.3 is 0 Å². The van der Waals surface area contributed by atoms with Gasteiger partial charge in [0, 0.05) is 4.47 Å². The van der Waals surface area contributed by atoms with Crippen molar-refractivity contribution in [3.63, 3.8) is 0 Å². The van der Waals surface area contributed by atoms with E-state index in [0.29, 0.717) is 6.42 Å². The Balaban J connectivity index is 2.16. The van der Waals surface area contributed by atoms with Gasteiger partial charge in [-0.3, -0.25) is 0 Å². The highest BCUT2D eigenvalue weighted by Crippen LogP contribution is 2.28. The van der Waals surface area contributed by atoms with Crippen LogP contribution in [0.25, 0.3) is 0 Å². The van der Waals surface area contributed by atoms with Crippen LogP contribution >= 0.6 is 27.5 Å². The van der Waals surface area contributed by atoms with E-state index in [1.165, 1.54) is 12.1 Å². The van der Waals surface area contributed by atoms with Gasteiger partial charge in [-0.05, 0) is 48.2 Å². The van der Waals surface area contributed by atoms with Gasteiger partial charge in [-0.2, -0.15) is 0 Å². The van der Waals surface area contributed by atoms with Crippen LogP contribution in [0.3, 0.4) is 0 Å². The normalized spacial score (nSPS) is 12.4. The summed E-state index contributed by atoms with van der Waals surface area (Å²) in [6.45, 7) is 2.03. The average Bonchev–Trinajstić information content (AvgIpc) is 2.32. The van der Waals surface area contributed by atoms with E-state index in [4.69, 9.17) is 11.6 Å². The number of aryl methyl sites for hydroxylation is 1. The molecule has 2 rings (SSSR count). The molecule has 0 nitrogen and oxygen atoms in total. The molecule has 0 aliphatic carbocycles. The summed E-state index contributed by atoms with van der Waals surface area (Å²) in [5.41, 5.74) is 3.12. The average molecular weight is 328 g/mol. The molecule has 3 heteroatoms. The van der Waals surface area contributed by atoms with Crippen molar-refractivity contribution in [3.8, 4) is 0 Å². The number of halogens is 3. The summed E-state index contributed by atoms with van der Waals surface area (Å²) >= 11 is 9.84. The molecule has 18 heavy (non-hydrogen) atoms. The number of hydrogen-bond acceptors (Lipinski definition) is 0. The maximum atomic E-state index is 13.1. The van der Waals surface area contributed by atoms with Crippen LogP contribution in [0.2, 0.25) is 0 Å². The third kappa shape index (κ3) is 3.33. The molecule has 1 atom stereocenters. The third-order valence-electron chi connectivity index (χ3n) is 2.85. The molecule has 0 heterocycles. The maximum Gasteiger partial charge on any atom is 0.123 e. The topological polar surface area (TPSA) is 0 Å². The molecule has 0 saturated carbocycles. The Labute approximate surface area is 120 Å². The summed E-state index contributed by atoms with van der Waals surface area (Å²) < 4.78 is 14.2. The quantitative estimate of drug-likeness (QED) is 0.660. The van der Waals surface area contributed by atoms with Crippen LogP contribution in [0.4, 0.5) is 4.39 Å². The van der Waals surface area contributed by atoms with Crippen LogP contribution in [-0.2, 0) is 6.42 Å². The van der Waals surface area contributed by atoms with Crippen molar-refractivity contribution in [2.24, 2.45) is 0 Å². The number of hydrogen-bond donors (Lipinski definition) is 0. The zero-order chi connectivity index (χ0) is 13.1. The highest BCUT2D eigenvalue weighted by atomic mass is 79.9. The fourth-order valence-electron chi connectivity index (χ4n) is 1.85. The first-order chi connectivity index (χ1) is 8.56. The fourth-order valence-corrected chi connectivity index (χ4v) is 2.41. The van der Waals surface area contributed by atoms with Gasteiger partial charge in [0.2, 0.25) is 0 Å². The molecule has 0 aliphatic rings. The summed E-state index contributed by atoms with van der Waals surface area (Å²) in [7, 11) is 0. The van der Waals surface area contributed by atoms with Gasteiger partial charge < -0.3 is 0 Å². The Morgan fingerprint density at radius 1 is 1.22 bits per heavy atom. The molecule has 0 saturated heterocycles. The lowest BCUT2D eigenvalue weighted by atomic mass is 10.0. The van der Waals surface area contributed by atoms with Crippen LogP contribution in [0.5, 0.6) is 0 Å². The lowest BCUT2D eigenvalue weighted by Gasteiger charge is -2.11. The smallest absolute Gasteiger partial charge is 0.123 e. The second-order valence-corrected chi connectivity index (χ2v) is 5.69. The molecule has 0 spiro atoms. The van der Waals surface area contributed by atoms with E-state index in [1.807, 2.05) is 25.1 Å². The molecular formula is C15H13BrClF. The molecule has 94 valence electrons. The maximum absolute atomic E-state index is 13.1. The first kappa shape index (κ1) is 13.6. The Morgan fingerprint density at radius 3 is 2.67 bits per heavy atom. The van der Waals surface area contributed by atoms with Gasteiger partial charge in [0.25, 0.3) is 0 Å². The highest BCUT2D eigenvalue weighted by molar-refractivity contribution is 9.10. The molecule has 0 fully saturated rings. The predicted octanol–water partition coefficient (Wildman–Crippen LogP) is 5.42. The van der Waals surface area contributed by atoms with Gasteiger partial charge in [0.1, 0.15) is 5.82 Å². The first-order valence-electron chi connectivity index (χ1n) is 5.71. The minimum atomic E-state index is -0.219. The van der Waals surface area contributed by atoms with Gasteiger partial charge in [-0.25, -0.2) is 4.39 Å². The van der Waals surface area contributed by atoms with Gasteiger partial charge in [0.15, 0.2) is 0 Å². The molecule has 2 aromatic carbocycles. The molecule has 0 radical (unpaired) electrons. The molecule has 0 amide bonds. The van der Waals surface area contributed by atoms with Crippen molar-refractivity contribution in [2.75, 3.05) is 0 Å². The van der Waals surface area contributed by atoms with E-state index in [-0.39, 0.29) is 11.2 Å². The SMILES string of the molecule is Cc1cc(C(Cl)Cc2cccc(F)c2)ccc1Br. The van der Waals surface area contributed by atoms with Crippen LogP contribution < -0.4 is 0 Å². The summed E-state index contributed by atoms with van der Waals surface area (Å²) in [4.78, 5) is 0. The Morgan fingerprint density at radius 2 is 2.00 bits per heavy atom. The molecule has 0 N–H and O–H groups in total. The van der Waals surface area contributed by atoms with Crippen molar-refractivity contribution < 1.29 is 4.39 Å². The Kier molecular flexibility index (Phi) is 4.41. The lowest BCUT2D eigenvalue weighted by Crippen LogP contribution is -1.97. The van der Waals surface area contributed by atoms with Crippen LogP contribution in [0, 0.1) is 12.7 Å². The van der Waals surface area contributed by atoms with Crippen molar-refractivity contribution >= 4 is 27.5 Å². The number of alkyl halides is 1. The van der Waals surface area contributed by atoms with Crippen LogP contribution in [0.1, 0.15) is 22.1 Å². The second kappa shape index (κ2) is 5.85. The second-order valence-electron chi connectivity index (χ2n) is 4.31. The summed E-state index contributed by atoms with van der Waals surface area (Å²) in [5.74, 6) is -0.219. The van der Waals surface area contributed by atoms with Crippen molar-refractivity contribution in [1.29, 1.82) is 0 Å². The van der Waals surface area contributed by atoms with Gasteiger partial charge in [0.05, 0.1) is 5.38 Å². The minimum absolute atomic E-state index is 0.140.